The van der Waals surface area contributed by atoms with Crippen molar-refractivity contribution in [2.24, 2.45) is 0 Å². The minimum absolute atomic E-state index is 0.486. The first-order valence-electron chi connectivity index (χ1n) is 4.21. The van der Waals surface area contributed by atoms with Crippen molar-refractivity contribution in [3.05, 3.63) is 23.1 Å². The molecule has 1 fully saturated rings. The Balaban J connectivity index is 2.33. The molecule has 1 saturated carbocycles. The third-order valence-corrected chi connectivity index (χ3v) is 2.46. The molecule has 0 atom stereocenters. The summed E-state index contributed by atoms with van der Waals surface area (Å²) >= 11 is 5.85. The molecule has 2 aromatic heterocycles. The molecular weight excluding hydrogens is 188 g/mol. The van der Waals surface area contributed by atoms with E-state index in [0.717, 1.165) is 5.65 Å². The average molecular weight is 195 g/mol. The summed E-state index contributed by atoms with van der Waals surface area (Å²) in [7, 11) is 0. The Bertz CT molecular complexity index is 460. The number of aromatic nitrogens is 4. The van der Waals surface area contributed by atoms with Crippen molar-refractivity contribution in [2.45, 2.75) is 18.8 Å². The molecule has 0 amide bonds. The van der Waals surface area contributed by atoms with Crippen molar-refractivity contribution >= 4 is 17.2 Å². The first-order chi connectivity index (χ1) is 6.34. The van der Waals surface area contributed by atoms with Crippen LogP contribution < -0.4 is 0 Å². The maximum atomic E-state index is 5.85. The van der Waals surface area contributed by atoms with E-state index >= 15 is 0 Å². The Morgan fingerprint density at radius 1 is 1.46 bits per heavy atom. The average Bonchev–Trinajstić information content (AvgIpc) is 2.84. The quantitative estimate of drug-likeness (QED) is 0.694. The summed E-state index contributed by atoms with van der Waals surface area (Å²) in [6.45, 7) is 0. The number of nitrogens with zero attached hydrogens (tertiary/aromatic N) is 4. The Labute approximate surface area is 79.5 Å². The second-order valence-electron chi connectivity index (χ2n) is 3.27. The lowest BCUT2D eigenvalue weighted by molar-refractivity contribution is 0.791. The Morgan fingerprint density at radius 3 is 3.08 bits per heavy atom. The fourth-order valence-corrected chi connectivity index (χ4v) is 1.70. The molecule has 0 N–H and O–H groups in total. The number of fused-ring (bicyclic) bond motifs is 1. The third-order valence-electron chi connectivity index (χ3n) is 2.27. The van der Waals surface area contributed by atoms with Gasteiger partial charge in [0.2, 0.25) is 0 Å². The molecule has 0 bridgehead atoms. The first kappa shape index (κ1) is 7.26. The zero-order valence-electron chi connectivity index (χ0n) is 6.81. The van der Waals surface area contributed by atoms with Gasteiger partial charge in [-0.3, -0.25) is 0 Å². The van der Waals surface area contributed by atoms with Gasteiger partial charge >= 0.3 is 0 Å². The summed E-state index contributed by atoms with van der Waals surface area (Å²) in [5, 5.41) is 8.46. The number of hydrogen-bond acceptors (Lipinski definition) is 3. The Morgan fingerprint density at radius 2 is 2.31 bits per heavy atom. The van der Waals surface area contributed by atoms with Gasteiger partial charge in [0, 0.05) is 5.56 Å². The van der Waals surface area contributed by atoms with Crippen LogP contribution in [0.2, 0.25) is 5.15 Å². The van der Waals surface area contributed by atoms with Crippen LogP contribution in [0.5, 0.6) is 0 Å². The van der Waals surface area contributed by atoms with E-state index in [4.69, 9.17) is 11.6 Å². The van der Waals surface area contributed by atoms with Crippen LogP contribution in [-0.2, 0) is 0 Å². The molecule has 4 nitrogen and oxygen atoms in total. The number of hydrogen-bond donors (Lipinski definition) is 0. The van der Waals surface area contributed by atoms with Gasteiger partial charge in [-0.25, -0.2) is 4.98 Å². The molecule has 1 aliphatic rings. The van der Waals surface area contributed by atoms with Crippen molar-refractivity contribution in [1.82, 2.24) is 19.8 Å². The van der Waals surface area contributed by atoms with Gasteiger partial charge in [-0.1, -0.05) is 11.6 Å². The standard InChI is InChI=1S/C8H7ClN4/c9-7-3-6(5-1-2-5)8-10-4-11-13(8)12-7/h3-5H,1-2H2. The van der Waals surface area contributed by atoms with E-state index in [0.29, 0.717) is 11.1 Å². The molecule has 0 aromatic carbocycles. The minimum atomic E-state index is 0.486. The van der Waals surface area contributed by atoms with E-state index in [-0.39, 0.29) is 0 Å². The molecule has 0 saturated heterocycles. The zero-order valence-corrected chi connectivity index (χ0v) is 7.57. The summed E-state index contributed by atoms with van der Waals surface area (Å²) in [5.41, 5.74) is 2.02. The molecule has 0 aliphatic heterocycles. The van der Waals surface area contributed by atoms with Crippen molar-refractivity contribution < 1.29 is 0 Å². The third kappa shape index (κ3) is 1.09. The Kier molecular flexibility index (Phi) is 1.35. The maximum Gasteiger partial charge on any atom is 0.179 e. The summed E-state index contributed by atoms with van der Waals surface area (Å²) in [5.74, 6) is 0.618. The second kappa shape index (κ2) is 2.42. The van der Waals surface area contributed by atoms with E-state index in [1.807, 2.05) is 6.07 Å². The summed E-state index contributed by atoms with van der Waals surface area (Å²) in [4.78, 5) is 4.15. The van der Waals surface area contributed by atoms with Crippen LogP contribution in [0.25, 0.3) is 5.65 Å². The van der Waals surface area contributed by atoms with Gasteiger partial charge in [-0.05, 0) is 24.8 Å². The highest BCUT2D eigenvalue weighted by molar-refractivity contribution is 6.29. The molecule has 0 spiro atoms. The topological polar surface area (TPSA) is 43.1 Å². The van der Waals surface area contributed by atoms with E-state index < -0.39 is 0 Å². The van der Waals surface area contributed by atoms with Gasteiger partial charge in [0.1, 0.15) is 6.33 Å². The number of rotatable bonds is 1. The van der Waals surface area contributed by atoms with Crippen molar-refractivity contribution in [2.75, 3.05) is 0 Å². The fraction of sp³-hybridized carbons (Fsp3) is 0.375. The van der Waals surface area contributed by atoms with Crippen LogP contribution in [0.4, 0.5) is 0 Å². The van der Waals surface area contributed by atoms with Gasteiger partial charge in [0.15, 0.2) is 10.8 Å². The summed E-state index contributed by atoms with van der Waals surface area (Å²) in [6.07, 6.45) is 3.95. The zero-order chi connectivity index (χ0) is 8.84. The van der Waals surface area contributed by atoms with Gasteiger partial charge in [0.25, 0.3) is 0 Å². The second-order valence-corrected chi connectivity index (χ2v) is 3.66. The summed E-state index contributed by atoms with van der Waals surface area (Å²) in [6, 6.07) is 1.89. The van der Waals surface area contributed by atoms with E-state index in [2.05, 4.69) is 15.2 Å². The fourth-order valence-electron chi connectivity index (χ4n) is 1.51. The number of halogens is 1. The first-order valence-corrected chi connectivity index (χ1v) is 4.59. The highest BCUT2D eigenvalue weighted by Gasteiger charge is 2.27. The predicted octanol–water partition coefficient (Wildman–Crippen LogP) is 1.66. The molecule has 1 aliphatic carbocycles. The molecule has 66 valence electrons. The molecule has 13 heavy (non-hydrogen) atoms. The predicted molar refractivity (Wildman–Crippen MR) is 47.8 cm³/mol. The summed E-state index contributed by atoms with van der Waals surface area (Å²) < 4.78 is 1.50. The molecule has 5 heteroatoms. The maximum absolute atomic E-state index is 5.85. The van der Waals surface area contributed by atoms with Gasteiger partial charge in [-0.2, -0.15) is 0 Å². The molecular formula is C8H7ClN4. The Hall–Kier alpha value is -1.16. The molecule has 2 aromatic rings. The molecule has 2 heterocycles. The van der Waals surface area contributed by atoms with Crippen molar-refractivity contribution in [1.29, 1.82) is 0 Å². The molecule has 0 unspecified atom stereocenters. The lowest BCUT2D eigenvalue weighted by Crippen LogP contribution is -1.97. The van der Waals surface area contributed by atoms with Gasteiger partial charge < -0.3 is 0 Å². The van der Waals surface area contributed by atoms with Gasteiger partial charge in [0.05, 0.1) is 0 Å². The van der Waals surface area contributed by atoms with E-state index in [1.54, 1.807) is 0 Å². The lowest BCUT2D eigenvalue weighted by atomic mass is 10.2. The highest BCUT2D eigenvalue weighted by atomic mass is 35.5. The minimum Gasteiger partial charge on any atom is -0.213 e. The smallest absolute Gasteiger partial charge is 0.179 e. The van der Waals surface area contributed by atoms with Crippen LogP contribution >= 0.6 is 11.6 Å². The van der Waals surface area contributed by atoms with Crippen LogP contribution in [0, 0.1) is 0 Å². The molecule has 0 radical (unpaired) electrons. The van der Waals surface area contributed by atoms with Crippen molar-refractivity contribution in [3.8, 4) is 0 Å². The van der Waals surface area contributed by atoms with E-state index in [9.17, 15) is 0 Å². The highest BCUT2D eigenvalue weighted by Crippen LogP contribution is 2.41. The van der Waals surface area contributed by atoms with Crippen LogP contribution in [0.1, 0.15) is 24.3 Å². The lowest BCUT2D eigenvalue weighted by Gasteiger charge is -1.99. The van der Waals surface area contributed by atoms with Crippen LogP contribution in [0.15, 0.2) is 12.4 Å². The monoisotopic (exact) mass is 194 g/mol. The SMILES string of the molecule is Clc1cc(C2CC2)c2ncnn2n1. The van der Waals surface area contributed by atoms with Gasteiger partial charge in [-0.15, -0.1) is 14.8 Å². The van der Waals surface area contributed by atoms with E-state index in [1.165, 1.54) is 29.4 Å². The largest absolute Gasteiger partial charge is 0.213 e. The van der Waals surface area contributed by atoms with Crippen LogP contribution in [-0.4, -0.2) is 19.8 Å². The van der Waals surface area contributed by atoms with Crippen LogP contribution in [0.3, 0.4) is 0 Å². The van der Waals surface area contributed by atoms with Crippen molar-refractivity contribution in [3.63, 3.8) is 0 Å². The molecule has 3 rings (SSSR count). The normalized spacial score (nSPS) is 16.7.